The third-order valence-electron chi connectivity index (χ3n) is 3.64. The second kappa shape index (κ2) is 10.2. The average Bonchev–Trinajstić information content (AvgIpc) is 2.69. The monoisotopic (exact) mass is 371 g/mol. The number of pyridine rings is 1. The van der Waals surface area contributed by atoms with Gasteiger partial charge in [-0.2, -0.15) is 0 Å². The van der Waals surface area contributed by atoms with Crippen molar-refractivity contribution in [3.63, 3.8) is 0 Å². The maximum Gasteiger partial charge on any atom is 0.270 e. The first kappa shape index (κ1) is 20.2. The quantitative estimate of drug-likeness (QED) is 0.660. The highest BCUT2D eigenvalue weighted by atomic mass is 16.5. The number of rotatable bonds is 9. The van der Waals surface area contributed by atoms with Crippen molar-refractivity contribution in [3.8, 4) is 11.5 Å². The Kier molecular flexibility index (Phi) is 7.61. The van der Waals surface area contributed by atoms with Crippen LogP contribution in [0.1, 0.15) is 34.7 Å². The topological polar surface area (TPSA) is 89.5 Å². The summed E-state index contributed by atoms with van der Waals surface area (Å²) >= 11 is 0. The normalized spacial score (nSPS) is 10.4. The van der Waals surface area contributed by atoms with Gasteiger partial charge in [-0.1, -0.05) is 13.8 Å². The van der Waals surface area contributed by atoms with E-state index in [0.29, 0.717) is 36.9 Å². The summed E-state index contributed by atoms with van der Waals surface area (Å²) in [5, 5.41) is 5.54. The van der Waals surface area contributed by atoms with Gasteiger partial charge in [0.25, 0.3) is 11.8 Å². The second-order valence-electron chi connectivity index (χ2n) is 6.31. The minimum absolute atomic E-state index is 0.191. The summed E-state index contributed by atoms with van der Waals surface area (Å²) in [7, 11) is 1.60. The zero-order valence-corrected chi connectivity index (χ0v) is 15.8. The van der Waals surface area contributed by atoms with Crippen LogP contribution < -0.4 is 20.1 Å². The van der Waals surface area contributed by atoms with Crippen molar-refractivity contribution in [1.82, 2.24) is 15.6 Å². The zero-order valence-electron chi connectivity index (χ0n) is 15.8. The SMILES string of the molecule is COc1ccc(OCCNC(=O)c2cc(C(=O)NCC(C)C)ccn2)cc1. The minimum atomic E-state index is -0.355. The molecule has 1 aromatic heterocycles. The molecule has 1 heterocycles. The van der Waals surface area contributed by atoms with Crippen LogP contribution in [0.15, 0.2) is 42.6 Å². The summed E-state index contributed by atoms with van der Waals surface area (Å²) < 4.78 is 10.6. The lowest BCUT2D eigenvalue weighted by Gasteiger charge is -2.09. The molecule has 0 saturated carbocycles. The van der Waals surface area contributed by atoms with Gasteiger partial charge in [0.1, 0.15) is 23.8 Å². The summed E-state index contributed by atoms with van der Waals surface area (Å²) in [5.41, 5.74) is 0.599. The molecule has 0 fully saturated rings. The first-order valence-corrected chi connectivity index (χ1v) is 8.79. The molecule has 0 bridgehead atoms. The maximum atomic E-state index is 12.2. The first-order valence-electron chi connectivity index (χ1n) is 8.79. The Morgan fingerprint density at radius 3 is 2.41 bits per heavy atom. The molecule has 0 aliphatic carbocycles. The second-order valence-corrected chi connectivity index (χ2v) is 6.31. The van der Waals surface area contributed by atoms with E-state index in [9.17, 15) is 9.59 Å². The van der Waals surface area contributed by atoms with E-state index >= 15 is 0 Å². The van der Waals surface area contributed by atoms with Crippen molar-refractivity contribution in [2.45, 2.75) is 13.8 Å². The van der Waals surface area contributed by atoms with Crippen molar-refractivity contribution in [3.05, 3.63) is 53.9 Å². The molecule has 0 unspecified atom stereocenters. The van der Waals surface area contributed by atoms with E-state index in [0.717, 1.165) is 5.75 Å². The summed E-state index contributed by atoms with van der Waals surface area (Å²) in [6, 6.07) is 10.2. The molecule has 0 saturated heterocycles. The molecule has 2 aromatic rings. The van der Waals surface area contributed by atoms with Crippen LogP contribution in [-0.4, -0.2) is 43.6 Å². The first-order chi connectivity index (χ1) is 13.0. The number of amides is 2. The van der Waals surface area contributed by atoms with Gasteiger partial charge in [0.2, 0.25) is 0 Å². The van der Waals surface area contributed by atoms with Crippen molar-refractivity contribution < 1.29 is 19.1 Å². The van der Waals surface area contributed by atoms with Crippen molar-refractivity contribution >= 4 is 11.8 Å². The van der Waals surface area contributed by atoms with Crippen molar-refractivity contribution in [1.29, 1.82) is 0 Å². The predicted octanol–water partition coefficient (Wildman–Crippen LogP) is 2.28. The van der Waals surface area contributed by atoms with Gasteiger partial charge in [0, 0.05) is 18.3 Å². The van der Waals surface area contributed by atoms with Gasteiger partial charge in [0.15, 0.2) is 0 Å². The zero-order chi connectivity index (χ0) is 19.6. The van der Waals surface area contributed by atoms with Gasteiger partial charge in [-0.25, -0.2) is 0 Å². The lowest BCUT2D eigenvalue weighted by molar-refractivity contribution is 0.0942. The number of hydrogen-bond acceptors (Lipinski definition) is 5. The van der Waals surface area contributed by atoms with Gasteiger partial charge in [-0.05, 0) is 42.3 Å². The molecule has 0 spiro atoms. The third kappa shape index (κ3) is 6.62. The van der Waals surface area contributed by atoms with Gasteiger partial charge in [-0.3, -0.25) is 14.6 Å². The molecule has 2 amide bonds. The average molecular weight is 371 g/mol. The highest BCUT2D eigenvalue weighted by molar-refractivity contribution is 5.98. The van der Waals surface area contributed by atoms with E-state index in [2.05, 4.69) is 15.6 Å². The molecule has 2 N–H and O–H groups in total. The molecule has 0 aliphatic heterocycles. The van der Waals surface area contributed by atoms with Crippen molar-refractivity contribution in [2.24, 2.45) is 5.92 Å². The molecule has 7 heteroatoms. The van der Waals surface area contributed by atoms with E-state index < -0.39 is 0 Å². The fraction of sp³-hybridized carbons (Fsp3) is 0.350. The lowest BCUT2D eigenvalue weighted by Crippen LogP contribution is -2.30. The van der Waals surface area contributed by atoms with Crippen LogP contribution >= 0.6 is 0 Å². The number of nitrogens with one attached hydrogen (secondary N) is 2. The van der Waals surface area contributed by atoms with Gasteiger partial charge in [0.05, 0.1) is 13.7 Å². The fourth-order valence-corrected chi connectivity index (χ4v) is 2.19. The van der Waals surface area contributed by atoms with E-state index in [-0.39, 0.29) is 17.5 Å². The molecule has 0 aliphatic rings. The maximum absolute atomic E-state index is 12.2. The summed E-state index contributed by atoms with van der Waals surface area (Å²) in [4.78, 5) is 28.3. The van der Waals surface area contributed by atoms with E-state index in [1.54, 1.807) is 37.4 Å². The van der Waals surface area contributed by atoms with Crippen LogP contribution in [0.5, 0.6) is 11.5 Å². The molecule has 144 valence electrons. The number of methoxy groups -OCH3 is 1. The number of aromatic nitrogens is 1. The van der Waals surface area contributed by atoms with Crippen LogP contribution in [0.4, 0.5) is 0 Å². The van der Waals surface area contributed by atoms with Crippen LogP contribution in [-0.2, 0) is 0 Å². The summed E-state index contributed by atoms with van der Waals surface area (Å²) in [5.74, 6) is 1.21. The Hall–Kier alpha value is -3.09. The largest absolute Gasteiger partial charge is 0.497 e. The van der Waals surface area contributed by atoms with Gasteiger partial charge < -0.3 is 20.1 Å². The van der Waals surface area contributed by atoms with E-state index in [4.69, 9.17) is 9.47 Å². The summed E-state index contributed by atoms with van der Waals surface area (Å²) in [6.45, 7) is 5.23. The Bertz CT molecular complexity index is 760. The van der Waals surface area contributed by atoms with Crippen LogP contribution in [0.3, 0.4) is 0 Å². The predicted molar refractivity (Wildman–Crippen MR) is 102 cm³/mol. The van der Waals surface area contributed by atoms with Crippen molar-refractivity contribution in [2.75, 3.05) is 26.8 Å². The number of benzene rings is 1. The third-order valence-corrected chi connectivity index (χ3v) is 3.64. The standard InChI is InChI=1S/C20H25N3O4/c1-14(2)13-23-19(24)15-8-9-21-18(12-15)20(25)22-10-11-27-17-6-4-16(26-3)5-7-17/h4-9,12,14H,10-11,13H2,1-3H3,(H,22,25)(H,23,24). The number of carbonyl (C=O) groups excluding carboxylic acids is 2. The summed E-state index contributed by atoms with van der Waals surface area (Å²) in [6.07, 6.45) is 1.45. The smallest absolute Gasteiger partial charge is 0.270 e. The molecule has 1 aromatic carbocycles. The number of ether oxygens (including phenoxy) is 2. The lowest BCUT2D eigenvalue weighted by atomic mass is 10.2. The molecule has 27 heavy (non-hydrogen) atoms. The Balaban J connectivity index is 1.81. The number of carbonyl (C=O) groups is 2. The highest BCUT2D eigenvalue weighted by Crippen LogP contribution is 2.16. The number of hydrogen-bond donors (Lipinski definition) is 2. The Labute approximate surface area is 159 Å². The van der Waals surface area contributed by atoms with E-state index in [1.165, 1.54) is 12.3 Å². The highest BCUT2D eigenvalue weighted by Gasteiger charge is 2.11. The van der Waals surface area contributed by atoms with Crippen LogP contribution in [0, 0.1) is 5.92 Å². The number of nitrogens with zero attached hydrogens (tertiary/aromatic N) is 1. The molecule has 7 nitrogen and oxygen atoms in total. The van der Waals surface area contributed by atoms with Gasteiger partial charge in [-0.15, -0.1) is 0 Å². The van der Waals surface area contributed by atoms with Gasteiger partial charge >= 0.3 is 0 Å². The fourth-order valence-electron chi connectivity index (χ4n) is 2.19. The molecule has 0 radical (unpaired) electrons. The van der Waals surface area contributed by atoms with Crippen LogP contribution in [0.25, 0.3) is 0 Å². The Morgan fingerprint density at radius 1 is 1.04 bits per heavy atom. The molecule has 2 rings (SSSR count). The minimum Gasteiger partial charge on any atom is -0.497 e. The molecule has 0 atom stereocenters. The molecular weight excluding hydrogens is 346 g/mol. The Morgan fingerprint density at radius 2 is 1.74 bits per heavy atom. The van der Waals surface area contributed by atoms with Crippen LogP contribution in [0.2, 0.25) is 0 Å². The molecular formula is C20H25N3O4. The van der Waals surface area contributed by atoms with E-state index in [1.807, 2.05) is 13.8 Å².